The van der Waals surface area contributed by atoms with Gasteiger partial charge in [-0.3, -0.25) is 9.80 Å². The second-order valence-corrected chi connectivity index (χ2v) is 8.16. The average Bonchev–Trinajstić information content (AvgIpc) is 2.73. The SMILES string of the molecule is O=C(O[C@@H]1CN2CCC1CC2)N1CCc2ccccc2[C@@H]1c1cccc(F)c1. The zero-order chi connectivity index (χ0) is 19.1. The molecular weight excluding hydrogens is 355 g/mol. The molecule has 2 aromatic carbocycles. The summed E-state index contributed by atoms with van der Waals surface area (Å²) >= 11 is 0. The molecule has 4 aliphatic heterocycles. The van der Waals surface area contributed by atoms with E-state index in [1.54, 1.807) is 11.0 Å². The van der Waals surface area contributed by atoms with E-state index in [2.05, 4.69) is 11.0 Å². The predicted octanol–water partition coefficient (Wildman–Crippen LogP) is 4.00. The van der Waals surface area contributed by atoms with Crippen LogP contribution in [0, 0.1) is 11.7 Å². The predicted molar refractivity (Wildman–Crippen MR) is 105 cm³/mol. The number of ether oxygens (including phenoxy) is 1. The minimum atomic E-state index is -0.311. The standard InChI is InChI=1S/C23H25FN2O2/c24-19-6-3-5-18(14-19)22-20-7-2-1-4-16(20)10-13-26(22)23(27)28-21-15-25-11-8-17(21)9-12-25/h1-7,14,17,21-22H,8-13,15H2/t21-,22+/m1/s1. The third kappa shape index (κ3) is 3.18. The lowest BCUT2D eigenvalue weighted by Crippen LogP contribution is -2.53. The average molecular weight is 380 g/mol. The van der Waals surface area contributed by atoms with E-state index in [0.29, 0.717) is 12.5 Å². The van der Waals surface area contributed by atoms with Crippen LogP contribution in [0.25, 0.3) is 0 Å². The highest BCUT2D eigenvalue weighted by molar-refractivity contribution is 5.70. The Morgan fingerprint density at radius 3 is 2.61 bits per heavy atom. The summed E-state index contributed by atoms with van der Waals surface area (Å²) in [5.41, 5.74) is 3.06. The van der Waals surface area contributed by atoms with Gasteiger partial charge in [-0.05, 0) is 67.1 Å². The Bertz CT molecular complexity index is 878. The van der Waals surface area contributed by atoms with E-state index in [0.717, 1.165) is 50.0 Å². The molecule has 4 heterocycles. The van der Waals surface area contributed by atoms with Crippen molar-refractivity contribution in [2.75, 3.05) is 26.2 Å². The Kier molecular flexibility index (Phi) is 4.55. The van der Waals surface area contributed by atoms with Crippen LogP contribution < -0.4 is 0 Å². The monoisotopic (exact) mass is 380 g/mol. The van der Waals surface area contributed by atoms with Crippen molar-refractivity contribution in [3.05, 3.63) is 71.0 Å². The molecule has 3 fully saturated rings. The smallest absolute Gasteiger partial charge is 0.410 e. The van der Waals surface area contributed by atoms with Crippen LogP contribution in [-0.2, 0) is 11.2 Å². The van der Waals surface area contributed by atoms with Gasteiger partial charge in [0, 0.05) is 13.1 Å². The number of carbonyl (C=O) groups is 1. The molecule has 0 aromatic heterocycles. The molecule has 5 heteroatoms. The number of piperidine rings is 3. The van der Waals surface area contributed by atoms with E-state index in [9.17, 15) is 9.18 Å². The van der Waals surface area contributed by atoms with E-state index in [-0.39, 0.29) is 24.1 Å². The molecule has 0 spiro atoms. The summed E-state index contributed by atoms with van der Waals surface area (Å²) in [5.74, 6) is 0.185. The highest BCUT2D eigenvalue weighted by Gasteiger charge is 2.39. The lowest BCUT2D eigenvalue weighted by molar-refractivity contribution is -0.0462. The van der Waals surface area contributed by atoms with Crippen molar-refractivity contribution in [1.82, 2.24) is 9.80 Å². The van der Waals surface area contributed by atoms with Crippen molar-refractivity contribution in [2.45, 2.75) is 31.4 Å². The molecule has 6 rings (SSSR count). The molecule has 0 aliphatic carbocycles. The van der Waals surface area contributed by atoms with Gasteiger partial charge in [0.2, 0.25) is 0 Å². The summed E-state index contributed by atoms with van der Waals surface area (Å²) in [5, 5.41) is 0. The van der Waals surface area contributed by atoms with Crippen LogP contribution in [0.15, 0.2) is 48.5 Å². The number of benzene rings is 2. The highest BCUT2D eigenvalue weighted by atomic mass is 19.1. The molecule has 0 radical (unpaired) electrons. The van der Waals surface area contributed by atoms with Gasteiger partial charge in [0.05, 0.1) is 6.04 Å². The topological polar surface area (TPSA) is 32.8 Å². The van der Waals surface area contributed by atoms with E-state index < -0.39 is 0 Å². The molecule has 2 atom stereocenters. The molecule has 1 amide bonds. The summed E-state index contributed by atoms with van der Waals surface area (Å²) in [4.78, 5) is 17.4. The molecular formula is C23H25FN2O2. The summed E-state index contributed by atoms with van der Waals surface area (Å²) in [6.45, 7) is 3.65. The molecule has 2 aromatic rings. The molecule has 0 saturated carbocycles. The number of amides is 1. The van der Waals surface area contributed by atoms with Crippen LogP contribution in [0.1, 0.15) is 35.6 Å². The van der Waals surface area contributed by atoms with E-state index in [4.69, 9.17) is 4.74 Å². The highest BCUT2D eigenvalue weighted by Crippen LogP contribution is 2.37. The van der Waals surface area contributed by atoms with Crippen molar-refractivity contribution in [2.24, 2.45) is 5.92 Å². The van der Waals surface area contributed by atoms with Crippen LogP contribution in [0.4, 0.5) is 9.18 Å². The minimum Gasteiger partial charge on any atom is -0.444 e. The normalized spacial score (nSPS) is 28.7. The summed E-state index contributed by atoms with van der Waals surface area (Å²) in [6, 6.07) is 14.4. The van der Waals surface area contributed by atoms with Gasteiger partial charge in [0.1, 0.15) is 11.9 Å². The third-order valence-corrected chi connectivity index (χ3v) is 6.53. The number of hydrogen-bond donors (Lipinski definition) is 0. The molecule has 4 aliphatic rings. The number of fused-ring (bicyclic) bond motifs is 4. The van der Waals surface area contributed by atoms with Gasteiger partial charge in [-0.25, -0.2) is 9.18 Å². The zero-order valence-corrected chi connectivity index (χ0v) is 15.9. The van der Waals surface area contributed by atoms with Crippen LogP contribution in [0.2, 0.25) is 0 Å². The molecule has 0 unspecified atom stereocenters. The summed E-state index contributed by atoms with van der Waals surface area (Å²) in [6.07, 6.45) is 2.70. The van der Waals surface area contributed by atoms with Crippen molar-refractivity contribution in [3.8, 4) is 0 Å². The summed E-state index contributed by atoms with van der Waals surface area (Å²) < 4.78 is 20.0. The summed E-state index contributed by atoms with van der Waals surface area (Å²) in [7, 11) is 0. The fourth-order valence-electron chi connectivity index (χ4n) is 5.04. The number of halogens is 1. The lowest BCUT2D eigenvalue weighted by Gasteiger charge is -2.45. The van der Waals surface area contributed by atoms with Crippen molar-refractivity contribution in [3.63, 3.8) is 0 Å². The van der Waals surface area contributed by atoms with Crippen LogP contribution in [0.5, 0.6) is 0 Å². The number of hydrogen-bond acceptors (Lipinski definition) is 3. The van der Waals surface area contributed by atoms with E-state index in [1.807, 2.05) is 24.3 Å². The zero-order valence-electron chi connectivity index (χ0n) is 15.9. The number of rotatable bonds is 2. The molecule has 4 nitrogen and oxygen atoms in total. The van der Waals surface area contributed by atoms with E-state index in [1.165, 1.54) is 17.7 Å². The molecule has 0 N–H and O–H groups in total. The fourth-order valence-corrected chi connectivity index (χ4v) is 5.04. The van der Waals surface area contributed by atoms with Gasteiger partial charge in [-0.15, -0.1) is 0 Å². The first-order chi connectivity index (χ1) is 13.7. The Balaban J connectivity index is 1.44. The quantitative estimate of drug-likeness (QED) is 0.789. The Hall–Kier alpha value is -2.40. The molecule has 3 saturated heterocycles. The van der Waals surface area contributed by atoms with Crippen LogP contribution >= 0.6 is 0 Å². The first-order valence-electron chi connectivity index (χ1n) is 10.2. The van der Waals surface area contributed by atoms with Crippen LogP contribution in [-0.4, -0.2) is 48.2 Å². The van der Waals surface area contributed by atoms with Crippen molar-refractivity contribution in [1.29, 1.82) is 0 Å². The minimum absolute atomic E-state index is 0.0275. The Morgan fingerprint density at radius 1 is 1.04 bits per heavy atom. The maximum Gasteiger partial charge on any atom is 0.410 e. The molecule has 146 valence electrons. The van der Waals surface area contributed by atoms with Crippen molar-refractivity contribution >= 4 is 6.09 Å². The van der Waals surface area contributed by atoms with E-state index >= 15 is 0 Å². The lowest BCUT2D eigenvalue weighted by atomic mass is 9.86. The first-order valence-corrected chi connectivity index (χ1v) is 10.2. The van der Waals surface area contributed by atoms with Crippen molar-refractivity contribution < 1.29 is 13.9 Å². The largest absolute Gasteiger partial charge is 0.444 e. The maximum atomic E-state index is 14.0. The molecule has 28 heavy (non-hydrogen) atoms. The van der Waals surface area contributed by atoms with Gasteiger partial charge in [-0.2, -0.15) is 0 Å². The number of carbonyl (C=O) groups excluding carboxylic acids is 1. The second kappa shape index (κ2) is 7.21. The van der Waals surface area contributed by atoms with Gasteiger partial charge in [-0.1, -0.05) is 36.4 Å². The van der Waals surface area contributed by atoms with Crippen LogP contribution in [0.3, 0.4) is 0 Å². The molecule has 2 bridgehead atoms. The first kappa shape index (κ1) is 17.7. The fraction of sp³-hybridized carbons (Fsp3) is 0.435. The van der Waals surface area contributed by atoms with Gasteiger partial charge < -0.3 is 4.74 Å². The van der Waals surface area contributed by atoms with Gasteiger partial charge in [0.15, 0.2) is 0 Å². The van der Waals surface area contributed by atoms with Gasteiger partial charge in [0.25, 0.3) is 0 Å². The Morgan fingerprint density at radius 2 is 1.86 bits per heavy atom. The second-order valence-electron chi connectivity index (χ2n) is 8.16. The third-order valence-electron chi connectivity index (χ3n) is 6.53. The van der Waals surface area contributed by atoms with Gasteiger partial charge >= 0.3 is 6.09 Å². The Labute approximate surface area is 164 Å². The maximum absolute atomic E-state index is 14.0. The number of nitrogens with zero attached hydrogens (tertiary/aromatic N) is 2.